The lowest BCUT2D eigenvalue weighted by Gasteiger charge is -2.09. The molecule has 0 aliphatic rings. The van der Waals surface area contributed by atoms with Gasteiger partial charge in [0, 0.05) is 33.8 Å². The Morgan fingerprint density at radius 2 is 2.00 bits per heavy atom. The highest BCUT2D eigenvalue weighted by molar-refractivity contribution is 9.10. The number of pyridine rings is 2. The number of hydrogen-bond acceptors (Lipinski definition) is 3. The quantitative estimate of drug-likeness (QED) is 0.537. The van der Waals surface area contributed by atoms with Crippen LogP contribution in [0.15, 0.2) is 59.6 Å². The predicted molar refractivity (Wildman–Crippen MR) is 95.7 cm³/mol. The second-order valence-corrected chi connectivity index (χ2v) is 6.13. The van der Waals surface area contributed by atoms with Gasteiger partial charge in [0.2, 0.25) is 0 Å². The Hall–Kier alpha value is -2.93. The molecular formula is C17H11BrN4O2. The fourth-order valence-electron chi connectivity index (χ4n) is 2.67. The van der Waals surface area contributed by atoms with Crippen molar-refractivity contribution in [1.29, 1.82) is 0 Å². The molecule has 4 rings (SSSR count). The van der Waals surface area contributed by atoms with Crippen molar-refractivity contribution in [3.8, 4) is 5.82 Å². The highest BCUT2D eigenvalue weighted by atomic mass is 79.9. The van der Waals surface area contributed by atoms with Crippen molar-refractivity contribution in [3.05, 3.63) is 59.6 Å². The number of carbonyl (C=O) groups is 1. The van der Waals surface area contributed by atoms with Crippen LogP contribution in [0.25, 0.3) is 27.5 Å². The molecule has 1 amide bonds. The summed E-state index contributed by atoms with van der Waals surface area (Å²) >= 11 is 3.37. The molecule has 0 saturated carbocycles. The molecule has 6 nitrogen and oxygen atoms in total. The number of rotatable bonds is 2. The third-order valence-electron chi connectivity index (χ3n) is 3.78. The minimum atomic E-state index is -1.10. The van der Waals surface area contributed by atoms with Crippen molar-refractivity contribution in [2.45, 2.75) is 0 Å². The number of nitrogens with one attached hydrogen (secondary N) is 1. The van der Waals surface area contributed by atoms with Crippen LogP contribution in [0.2, 0.25) is 0 Å². The molecule has 2 N–H and O–H groups in total. The molecule has 3 heterocycles. The smallest absolute Gasteiger partial charge is 0.409 e. The van der Waals surface area contributed by atoms with E-state index in [4.69, 9.17) is 5.11 Å². The summed E-state index contributed by atoms with van der Waals surface area (Å²) in [5, 5.41) is 14.2. The van der Waals surface area contributed by atoms with E-state index >= 15 is 0 Å². The van der Waals surface area contributed by atoms with E-state index in [9.17, 15) is 4.79 Å². The molecule has 0 aliphatic carbocycles. The van der Waals surface area contributed by atoms with E-state index in [1.165, 1.54) is 0 Å². The molecule has 0 aliphatic heterocycles. The Balaban J connectivity index is 1.88. The lowest BCUT2D eigenvalue weighted by atomic mass is 10.1. The summed E-state index contributed by atoms with van der Waals surface area (Å²) in [6, 6.07) is 9.48. The third-order valence-corrected chi connectivity index (χ3v) is 4.43. The fourth-order valence-corrected chi connectivity index (χ4v) is 3.13. The molecule has 0 atom stereocenters. The van der Waals surface area contributed by atoms with Gasteiger partial charge in [-0.05, 0) is 51.6 Å². The first-order valence-electron chi connectivity index (χ1n) is 7.12. The van der Waals surface area contributed by atoms with Gasteiger partial charge in [0.05, 0.1) is 17.4 Å². The summed E-state index contributed by atoms with van der Waals surface area (Å²) in [7, 11) is 0. The first-order chi connectivity index (χ1) is 11.6. The molecule has 0 saturated heterocycles. The minimum Gasteiger partial charge on any atom is -0.465 e. The Morgan fingerprint density at radius 1 is 1.12 bits per heavy atom. The fraction of sp³-hybridized carbons (Fsp3) is 0. The maximum absolute atomic E-state index is 10.9. The molecule has 7 heteroatoms. The van der Waals surface area contributed by atoms with Gasteiger partial charge in [-0.3, -0.25) is 14.9 Å². The van der Waals surface area contributed by atoms with Crippen LogP contribution in [0.1, 0.15) is 0 Å². The first kappa shape index (κ1) is 14.6. The third kappa shape index (κ3) is 2.48. The van der Waals surface area contributed by atoms with Crippen molar-refractivity contribution < 1.29 is 9.90 Å². The van der Waals surface area contributed by atoms with Crippen molar-refractivity contribution in [2.24, 2.45) is 0 Å². The van der Waals surface area contributed by atoms with Crippen molar-refractivity contribution in [1.82, 2.24) is 14.5 Å². The monoisotopic (exact) mass is 382 g/mol. The van der Waals surface area contributed by atoms with E-state index < -0.39 is 6.09 Å². The second-order valence-electron chi connectivity index (χ2n) is 5.27. The van der Waals surface area contributed by atoms with Gasteiger partial charge in [0.1, 0.15) is 5.82 Å². The second kappa shape index (κ2) is 5.61. The van der Waals surface area contributed by atoms with Gasteiger partial charge in [-0.2, -0.15) is 0 Å². The summed E-state index contributed by atoms with van der Waals surface area (Å²) in [6.07, 6.45) is 6.15. The largest absolute Gasteiger partial charge is 0.465 e. The Kier molecular flexibility index (Phi) is 3.42. The highest BCUT2D eigenvalue weighted by Gasteiger charge is 2.09. The van der Waals surface area contributed by atoms with Crippen LogP contribution in [-0.4, -0.2) is 25.7 Å². The van der Waals surface area contributed by atoms with Crippen LogP contribution < -0.4 is 5.32 Å². The van der Waals surface area contributed by atoms with E-state index in [-0.39, 0.29) is 0 Å². The molecule has 118 valence electrons. The zero-order valence-corrected chi connectivity index (χ0v) is 13.9. The van der Waals surface area contributed by atoms with Crippen LogP contribution in [0.3, 0.4) is 0 Å². The number of aromatic nitrogens is 3. The van der Waals surface area contributed by atoms with E-state index in [0.29, 0.717) is 10.2 Å². The van der Waals surface area contributed by atoms with Crippen molar-refractivity contribution >= 4 is 49.4 Å². The van der Waals surface area contributed by atoms with E-state index in [1.54, 1.807) is 24.7 Å². The number of amides is 1. The summed E-state index contributed by atoms with van der Waals surface area (Å²) in [5.74, 6) is 0.745. The van der Waals surface area contributed by atoms with Crippen LogP contribution in [0.4, 0.5) is 10.5 Å². The molecule has 0 spiro atoms. The zero-order valence-electron chi connectivity index (χ0n) is 12.3. The van der Waals surface area contributed by atoms with Gasteiger partial charge in [-0.15, -0.1) is 0 Å². The normalized spacial score (nSPS) is 11.0. The number of hydrogen-bond donors (Lipinski definition) is 2. The topological polar surface area (TPSA) is 80.0 Å². The Bertz CT molecular complexity index is 1090. The number of fused-ring (bicyclic) bond motifs is 2. The van der Waals surface area contributed by atoms with Crippen LogP contribution in [-0.2, 0) is 0 Å². The van der Waals surface area contributed by atoms with Gasteiger partial charge in [0.25, 0.3) is 0 Å². The molecule has 0 fully saturated rings. The number of carboxylic acid groups (broad SMARTS) is 1. The van der Waals surface area contributed by atoms with E-state index in [1.807, 2.05) is 35.0 Å². The molecule has 1 aromatic carbocycles. The number of anilines is 1. The SMILES string of the molecule is O=C(O)Nc1cc2cc(-n3ccc4ccncc43)ncc2cc1Br. The van der Waals surface area contributed by atoms with Gasteiger partial charge in [-0.25, -0.2) is 9.78 Å². The standard InChI is InChI=1S/C17H11BrN4O2/c18-13-5-12-8-20-16(7-11(12)6-14(13)21-17(23)24)22-4-2-10-1-3-19-9-15(10)22/h1-9,21H,(H,23,24). The average molecular weight is 383 g/mol. The van der Waals surface area contributed by atoms with Crippen LogP contribution in [0.5, 0.6) is 0 Å². The summed E-state index contributed by atoms with van der Waals surface area (Å²) in [4.78, 5) is 19.6. The molecule has 0 unspecified atom stereocenters. The average Bonchev–Trinajstić information content (AvgIpc) is 2.99. The molecule has 3 aromatic heterocycles. The molecule has 0 radical (unpaired) electrons. The van der Waals surface area contributed by atoms with Crippen molar-refractivity contribution in [2.75, 3.05) is 5.32 Å². The minimum absolute atomic E-state index is 0.492. The zero-order chi connectivity index (χ0) is 16.7. The lowest BCUT2D eigenvalue weighted by Crippen LogP contribution is -2.07. The maximum Gasteiger partial charge on any atom is 0.409 e. The summed E-state index contributed by atoms with van der Waals surface area (Å²) in [6.45, 7) is 0. The molecule has 24 heavy (non-hydrogen) atoms. The summed E-state index contributed by atoms with van der Waals surface area (Å²) < 4.78 is 2.62. The Labute approximate surface area is 144 Å². The van der Waals surface area contributed by atoms with Crippen LogP contribution >= 0.6 is 15.9 Å². The van der Waals surface area contributed by atoms with Gasteiger partial charge < -0.3 is 5.11 Å². The molecule has 4 aromatic rings. The summed E-state index contributed by atoms with van der Waals surface area (Å²) in [5.41, 5.74) is 1.46. The maximum atomic E-state index is 10.9. The van der Waals surface area contributed by atoms with E-state index in [0.717, 1.165) is 27.5 Å². The van der Waals surface area contributed by atoms with Gasteiger partial charge >= 0.3 is 6.09 Å². The number of nitrogens with zero attached hydrogens (tertiary/aromatic N) is 3. The predicted octanol–water partition coefficient (Wildman–Crippen LogP) is 4.43. The molecule has 0 bridgehead atoms. The number of benzene rings is 1. The van der Waals surface area contributed by atoms with Gasteiger partial charge in [-0.1, -0.05) is 0 Å². The van der Waals surface area contributed by atoms with Gasteiger partial charge in [0.15, 0.2) is 0 Å². The Morgan fingerprint density at radius 3 is 2.83 bits per heavy atom. The van der Waals surface area contributed by atoms with Crippen LogP contribution in [0, 0.1) is 0 Å². The van der Waals surface area contributed by atoms with E-state index in [2.05, 4.69) is 31.2 Å². The lowest BCUT2D eigenvalue weighted by molar-refractivity contribution is 0.209. The first-order valence-corrected chi connectivity index (χ1v) is 7.92. The van der Waals surface area contributed by atoms with Crippen molar-refractivity contribution in [3.63, 3.8) is 0 Å². The highest BCUT2D eigenvalue weighted by Crippen LogP contribution is 2.29. The molecular weight excluding hydrogens is 372 g/mol. The number of halogens is 1.